The van der Waals surface area contributed by atoms with Gasteiger partial charge in [-0.3, -0.25) is 4.98 Å². The Kier molecular flexibility index (Phi) is 2.61. The van der Waals surface area contributed by atoms with Crippen LogP contribution in [0.25, 0.3) is 11.5 Å². The average Bonchev–Trinajstić information content (AvgIpc) is 2.99. The van der Waals surface area contributed by atoms with Crippen molar-refractivity contribution in [3.05, 3.63) is 29.8 Å². The number of nitrogens with zero attached hydrogens (tertiary/aromatic N) is 3. The van der Waals surface area contributed by atoms with Gasteiger partial charge in [0.2, 0.25) is 5.82 Å². The van der Waals surface area contributed by atoms with E-state index in [9.17, 15) is 5.11 Å². The Morgan fingerprint density at radius 1 is 1.50 bits per heavy atom. The summed E-state index contributed by atoms with van der Waals surface area (Å²) in [5.74, 6) is 0.677. The maximum Gasteiger partial charge on any atom is 0.260 e. The summed E-state index contributed by atoms with van der Waals surface area (Å²) in [4.78, 5) is 8.49. The summed E-state index contributed by atoms with van der Waals surface area (Å²) in [7, 11) is 0. The third-order valence-electron chi connectivity index (χ3n) is 3.18. The molecule has 0 bridgehead atoms. The number of β-amino-alcohol motifs (C(OH)–C–C–N with tert-alkyl or cyclic N) is 1. The number of aliphatic hydroxyl groups is 1. The molecule has 0 radical (unpaired) electrons. The van der Waals surface area contributed by atoms with Crippen molar-refractivity contribution >= 4 is 0 Å². The van der Waals surface area contributed by atoms with Crippen LogP contribution in [-0.2, 0) is 5.60 Å². The molecule has 1 atom stereocenters. The first-order valence-corrected chi connectivity index (χ1v) is 5.88. The van der Waals surface area contributed by atoms with Crippen LogP contribution in [0.4, 0.5) is 0 Å². The van der Waals surface area contributed by atoms with E-state index in [4.69, 9.17) is 4.52 Å². The van der Waals surface area contributed by atoms with Gasteiger partial charge in [0.15, 0.2) is 5.60 Å². The number of pyridine rings is 1. The van der Waals surface area contributed by atoms with Gasteiger partial charge in [-0.25, -0.2) is 0 Å². The molecule has 3 heterocycles. The SMILES string of the molecule is Cc1cccnc1-c1noc(C2(O)CCNC2)n1. The summed E-state index contributed by atoms with van der Waals surface area (Å²) in [6.45, 7) is 3.12. The van der Waals surface area contributed by atoms with Gasteiger partial charge in [0, 0.05) is 12.7 Å². The second-order valence-corrected chi connectivity index (χ2v) is 4.55. The fraction of sp³-hybridized carbons (Fsp3) is 0.417. The lowest BCUT2D eigenvalue weighted by molar-refractivity contribution is 0.0243. The maximum absolute atomic E-state index is 10.3. The smallest absolute Gasteiger partial charge is 0.260 e. The predicted octanol–water partition coefficient (Wildman–Crippen LogP) is 0.621. The molecule has 0 amide bonds. The van der Waals surface area contributed by atoms with Crippen LogP contribution in [0.15, 0.2) is 22.9 Å². The molecule has 2 aromatic heterocycles. The lowest BCUT2D eigenvalue weighted by Crippen LogP contribution is -2.28. The Bertz CT molecular complexity index is 561. The summed E-state index contributed by atoms with van der Waals surface area (Å²) in [5.41, 5.74) is 0.608. The molecule has 3 rings (SSSR count). The van der Waals surface area contributed by atoms with Crippen molar-refractivity contribution in [3.63, 3.8) is 0 Å². The van der Waals surface area contributed by atoms with Gasteiger partial charge in [-0.05, 0) is 31.5 Å². The van der Waals surface area contributed by atoms with Crippen molar-refractivity contribution in [3.8, 4) is 11.5 Å². The van der Waals surface area contributed by atoms with Crippen molar-refractivity contribution in [1.29, 1.82) is 0 Å². The number of hydrogen-bond donors (Lipinski definition) is 2. The van der Waals surface area contributed by atoms with Crippen molar-refractivity contribution < 1.29 is 9.63 Å². The van der Waals surface area contributed by atoms with Crippen LogP contribution >= 0.6 is 0 Å². The molecule has 0 spiro atoms. The zero-order valence-corrected chi connectivity index (χ0v) is 10.1. The van der Waals surface area contributed by atoms with Crippen LogP contribution < -0.4 is 5.32 Å². The van der Waals surface area contributed by atoms with Gasteiger partial charge in [-0.1, -0.05) is 11.2 Å². The van der Waals surface area contributed by atoms with Crippen molar-refractivity contribution in [2.45, 2.75) is 18.9 Å². The molecular formula is C12H14N4O2. The minimum Gasteiger partial charge on any atom is -0.379 e. The summed E-state index contributed by atoms with van der Waals surface area (Å²) >= 11 is 0. The van der Waals surface area contributed by atoms with E-state index in [0.717, 1.165) is 12.1 Å². The number of nitrogens with one attached hydrogen (secondary N) is 1. The molecule has 0 aromatic carbocycles. The highest BCUT2D eigenvalue weighted by atomic mass is 16.5. The molecule has 1 aliphatic heterocycles. The second-order valence-electron chi connectivity index (χ2n) is 4.55. The van der Waals surface area contributed by atoms with E-state index < -0.39 is 5.60 Å². The minimum atomic E-state index is -1.05. The number of hydrogen-bond acceptors (Lipinski definition) is 6. The average molecular weight is 246 g/mol. The molecule has 0 aliphatic carbocycles. The van der Waals surface area contributed by atoms with Gasteiger partial charge < -0.3 is 14.9 Å². The van der Waals surface area contributed by atoms with Crippen LogP contribution in [0.2, 0.25) is 0 Å². The molecule has 1 fully saturated rings. The second kappa shape index (κ2) is 4.15. The Hall–Kier alpha value is -1.79. The van der Waals surface area contributed by atoms with Crippen LogP contribution in [0, 0.1) is 6.92 Å². The number of rotatable bonds is 2. The largest absolute Gasteiger partial charge is 0.379 e. The Balaban J connectivity index is 1.97. The third kappa shape index (κ3) is 1.79. The predicted molar refractivity (Wildman–Crippen MR) is 63.6 cm³/mol. The highest BCUT2D eigenvalue weighted by molar-refractivity contribution is 5.53. The first-order valence-electron chi connectivity index (χ1n) is 5.88. The molecule has 1 aliphatic rings. The summed E-state index contributed by atoms with van der Waals surface area (Å²) < 4.78 is 5.17. The van der Waals surface area contributed by atoms with Crippen LogP contribution in [0.5, 0.6) is 0 Å². The Morgan fingerprint density at radius 2 is 2.39 bits per heavy atom. The van der Waals surface area contributed by atoms with Crippen LogP contribution in [0.1, 0.15) is 17.9 Å². The standard InChI is InChI=1S/C12H14N4O2/c1-8-3-2-5-14-9(8)10-15-11(18-16-10)12(17)4-6-13-7-12/h2-3,5,13,17H,4,6-7H2,1H3. The Morgan fingerprint density at radius 3 is 3.11 bits per heavy atom. The zero-order valence-electron chi connectivity index (χ0n) is 10.1. The van der Waals surface area contributed by atoms with Gasteiger partial charge in [-0.15, -0.1) is 0 Å². The Labute approximate surface area is 104 Å². The van der Waals surface area contributed by atoms with Gasteiger partial charge in [0.1, 0.15) is 5.69 Å². The highest BCUT2D eigenvalue weighted by Crippen LogP contribution is 2.28. The quantitative estimate of drug-likeness (QED) is 0.808. The maximum atomic E-state index is 10.3. The van der Waals surface area contributed by atoms with E-state index in [1.165, 1.54) is 0 Å². The molecule has 2 N–H and O–H groups in total. The van der Waals surface area contributed by atoms with Crippen molar-refractivity contribution in [2.75, 3.05) is 13.1 Å². The molecule has 6 heteroatoms. The number of aromatic nitrogens is 3. The third-order valence-corrected chi connectivity index (χ3v) is 3.18. The van der Waals surface area contributed by atoms with Gasteiger partial charge in [0.05, 0.1) is 0 Å². The molecule has 0 saturated carbocycles. The normalized spacial score (nSPS) is 23.4. The monoisotopic (exact) mass is 246 g/mol. The van der Waals surface area contributed by atoms with E-state index >= 15 is 0 Å². The lowest BCUT2D eigenvalue weighted by Gasteiger charge is -2.14. The summed E-state index contributed by atoms with van der Waals surface area (Å²) in [6.07, 6.45) is 2.26. The topological polar surface area (TPSA) is 84.1 Å². The fourth-order valence-corrected chi connectivity index (χ4v) is 2.09. The van der Waals surface area contributed by atoms with Crippen LogP contribution in [0.3, 0.4) is 0 Å². The van der Waals surface area contributed by atoms with Gasteiger partial charge >= 0.3 is 0 Å². The van der Waals surface area contributed by atoms with Gasteiger partial charge in [0.25, 0.3) is 5.89 Å². The summed E-state index contributed by atoms with van der Waals surface area (Å²) in [6, 6.07) is 3.79. The van der Waals surface area contributed by atoms with E-state index in [-0.39, 0.29) is 5.89 Å². The van der Waals surface area contributed by atoms with Crippen LogP contribution in [-0.4, -0.2) is 33.3 Å². The molecule has 18 heavy (non-hydrogen) atoms. The molecule has 2 aromatic rings. The van der Waals surface area contributed by atoms with E-state index in [0.29, 0.717) is 24.5 Å². The van der Waals surface area contributed by atoms with Gasteiger partial charge in [-0.2, -0.15) is 4.98 Å². The zero-order chi connectivity index (χ0) is 12.6. The fourth-order valence-electron chi connectivity index (χ4n) is 2.09. The van der Waals surface area contributed by atoms with Crippen molar-refractivity contribution in [1.82, 2.24) is 20.4 Å². The van der Waals surface area contributed by atoms with E-state index in [1.807, 2.05) is 19.1 Å². The highest BCUT2D eigenvalue weighted by Gasteiger charge is 2.38. The number of aryl methyl sites for hydroxylation is 1. The molecule has 1 saturated heterocycles. The first-order chi connectivity index (χ1) is 8.69. The summed E-state index contributed by atoms with van der Waals surface area (Å²) in [5, 5.41) is 17.3. The minimum absolute atomic E-state index is 0.257. The van der Waals surface area contributed by atoms with E-state index in [2.05, 4.69) is 20.4 Å². The van der Waals surface area contributed by atoms with Crippen molar-refractivity contribution in [2.24, 2.45) is 0 Å². The molecule has 1 unspecified atom stereocenters. The first kappa shape index (κ1) is 11.3. The van der Waals surface area contributed by atoms with E-state index in [1.54, 1.807) is 6.20 Å². The molecule has 6 nitrogen and oxygen atoms in total. The molecular weight excluding hydrogens is 232 g/mol. The lowest BCUT2D eigenvalue weighted by atomic mass is 10.0. The molecule has 94 valence electrons.